The smallest absolute Gasteiger partial charge is 0.248 e. The quantitative estimate of drug-likeness (QED) is 0.629. The molecule has 0 saturated carbocycles. The van der Waals surface area contributed by atoms with Gasteiger partial charge in [0.2, 0.25) is 11.9 Å². The fourth-order valence-corrected chi connectivity index (χ4v) is 4.33. The molecule has 5 rings (SSSR count). The van der Waals surface area contributed by atoms with Gasteiger partial charge in [-0.15, -0.1) is 0 Å². The number of halogens is 1. The van der Waals surface area contributed by atoms with Crippen molar-refractivity contribution in [3.8, 4) is 0 Å². The molecular weight excluding hydrogens is 398 g/mol. The van der Waals surface area contributed by atoms with E-state index in [1.165, 1.54) is 6.08 Å². The minimum Gasteiger partial charge on any atom is -0.335 e. The molecule has 1 amide bonds. The highest BCUT2D eigenvalue weighted by Gasteiger charge is 2.38. The Bertz CT molecular complexity index is 1140. The van der Waals surface area contributed by atoms with Crippen LogP contribution in [0.15, 0.2) is 48.5 Å². The summed E-state index contributed by atoms with van der Waals surface area (Å²) in [7, 11) is 0. The minimum atomic E-state index is -0.194. The Morgan fingerprint density at radius 3 is 2.80 bits per heavy atom. The van der Waals surface area contributed by atoms with Gasteiger partial charge in [-0.25, -0.2) is 9.97 Å². The lowest BCUT2D eigenvalue weighted by atomic mass is 10.1. The Balaban J connectivity index is 1.33. The topological polar surface area (TPSA) is 70.2 Å². The van der Waals surface area contributed by atoms with Crippen molar-refractivity contribution in [1.29, 1.82) is 0 Å². The molecular formula is C23H22ClN5O. The van der Waals surface area contributed by atoms with E-state index >= 15 is 0 Å². The molecule has 152 valence electrons. The van der Waals surface area contributed by atoms with E-state index in [1.807, 2.05) is 37.3 Å². The van der Waals surface area contributed by atoms with Crippen molar-refractivity contribution in [2.45, 2.75) is 25.4 Å². The molecule has 2 unspecified atom stereocenters. The van der Waals surface area contributed by atoms with Gasteiger partial charge < -0.3 is 15.5 Å². The number of amides is 1. The van der Waals surface area contributed by atoms with E-state index < -0.39 is 0 Å². The van der Waals surface area contributed by atoms with Crippen LogP contribution in [0.5, 0.6) is 0 Å². The zero-order chi connectivity index (χ0) is 20.7. The largest absolute Gasteiger partial charge is 0.335 e. The molecule has 2 N–H and O–H groups in total. The van der Waals surface area contributed by atoms with E-state index in [1.54, 1.807) is 18.2 Å². The first-order valence-corrected chi connectivity index (χ1v) is 10.5. The minimum absolute atomic E-state index is 0.194. The number of carbonyl (C=O) groups is 1. The predicted molar refractivity (Wildman–Crippen MR) is 121 cm³/mol. The highest BCUT2D eigenvalue weighted by atomic mass is 35.5. The third-order valence-electron chi connectivity index (χ3n) is 5.75. The lowest BCUT2D eigenvalue weighted by molar-refractivity contribution is -0.111. The van der Waals surface area contributed by atoms with Crippen LogP contribution < -0.4 is 15.5 Å². The van der Waals surface area contributed by atoms with Gasteiger partial charge in [0, 0.05) is 47.3 Å². The maximum absolute atomic E-state index is 12.3. The van der Waals surface area contributed by atoms with Gasteiger partial charge in [0.25, 0.3) is 0 Å². The Labute approximate surface area is 180 Å². The molecule has 30 heavy (non-hydrogen) atoms. The molecule has 2 fully saturated rings. The molecule has 2 aromatic carbocycles. The summed E-state index contributed by atoms with van der Waals surface area (Å²) in [6.45, 7) is 3.95. The molecule has 0 spiro atoms. The first-order chi connectivity index (χ1) is 14.5. The molecule has 3 aromatic rings. The van der Waals surface area contributed by atoms with Crippen LogP contribution in [-0.4, -0.2) is 41.0 Å². The number of benzene rings is 2. The van der Waals surface area contributed by atoms with Crippen LogP contribution in [0.3, 0.4) is 0 Å². The van der Waals surface area contributed by atoms with Crippen molar-refractivity contribution in [3.05, 3.63) is 64.8 Å². The molecule has 2 atom stereocenters. The van der Waals surface area contributed by atoms with Crippen molar-refractivity contribution in [3.63, 3.8) is 0 Å². The van der Waals surface area contributed by atoms with Gasteiger partial charge in [-0.2, -0.15) is 0 Å². The van der Waals surface area contributed by atoms with Gasteiger partial charge in [-0.3, -0.25) is 4.79 Å². The van der Waals surface area contributed by atoms with E-state index in [0.717, 1.165) is 53.3 Å². The van der Waals surface area contributed by atoms with E-state index in [4.69, 9.17) is 21.6 Å². The summed E-state index contributed by atoms with van der Waals surface area (Å²) >= 11 is 5.89. The standard InChI is InChI=1S/C23H22ClN5O/c1-14-20-11-17(27-22(30)9-4-15-2-5-16(24)6-3-15)7-8-21(20)28-23(26-14)29-13-18-10-19(29)12-25-18/h2-9,11,18-19,25H,10,12-13H2,1H3,(H,27,30). The molecule has 7 heteroatoms. The highest BCUT2D eigenvalue weighted by molar-refractivity contribution is 6.30. The average Bonchev–Trinajstić information content (AvgIpc) is 3.37. The third-order valence-corrected chi connectivity index (χ3v) is 6.00. The molecule has 6 nitrogen and oxygen atoms in total. The number of carbonyl (C=O) groups excluding carboxylic acids is 1. The predicted octanol–water partition coefficient (Wildman–Crippen LogP) is 3.79. The fraction of sp³-hybridized carbons (Fsp3) is 0.261. The van der Waals surface area contributed by atoms with Crippen LogP contribution in [0.2, 0.25) is 5.02 Å². The van der Waals surface area contributed by atoms with Gasteiger partial charge in [0.1, 0.15) is 0 Å². The zero-order valence-electron chi connectivity index (χ0n) is 16.6. The van der Waals surface area contributed by atoms with Gasteiger partial charge in [-0.1, -0.05) is 23.7 Å². The molecule has 0 aliphatic carbocycles. The van der Waals surface area contributed by atoms with Crippen LogP contribution in [0.25, 0.3) is 17.0 Å². The number of fused-ring (bicyclic) bond motifs is 3. The molecule has 2 aliphatic rings. The van der Waals surface area contributed by atoms with E-state index in [-0.39, 0.29) is 5.91 Å². The Morgan fingerprint density at radius 1 is 1.23 bits per heavy atom. The summed E-state index contributed by atoms with van der Waals surface area (Å²) in [5.41, 5.74) is 3.44. The lowest BCUT2D eigenvalue weighted by Gasteiger charge is -2.27. The van der Waals surface area contributed by atoms with Crippen LogP contribution in [0.4, 0.5) is 11.6 Å². The summed E-state index contributed by atoms with van der Waals surface area (Å²) < 4.78 is 0. The van der Waals surface area contributed by atoms with Crippen LogP contribution in [0.1, 0.15) is 17.7 Å². The highest BCUT2D eigenvalue weighted by Crippen LogP contribution is 2.29. The number of aryl methyl sites for hydroxylation is 1. The number of aromatic nitrogens is 2. The second-order valence-corrected chi connectivity index (χ2v) is 8.30. The monoisotopic (exact) mass is 419 g/mol. The normalized spacial score (nSPS) is 20.4. The van der Waals surface area contributed by atoms with Crippen molar-refractivity contribution >= 4 is 46.1 Å². The Kier molecular flexibility index (Phi) is 4.89. The second-order valence-electron chi connectivity index (χ2n) is 7.86. The fourth-order valence-electron chi connectivity index (χ4n) is 4.21. The number of piperazine rings is 1. The van der Waals surface area contributed by atoms with E-state index in [2.05, 4.69) is 15.5 Å². The van der Waals surface area contributed by atoms with Crippen LogP contribution in [-0.2, 0) is 4.79 Å². The summed E-state index contributed by atoms with van der Waals surface area (Å²) in [5, 5.41) is 8.03. The van der Waals surface area contributed by atoms with E-state index in [9.17, 15) is 4.79 Å². The maximum atomic E-state index is 12.3. The number of rotatable bonds is 4. The van der Waals surface area contributed by atoms with E-state index in [0.29, 0.717) is 17.1 Å². The number of hydrogen-bond acceptors (Lipinski definition) is 5. The molecule has 0 radical (unpaired) electrons. The number of nitrogens with one attached hydrogen (secondary N) is 2. The van der Waals surface area contributed by atoms with Gasteiger partial charge >= 0.3 is 0 Å². The lowest BCUT2D eigenvalue weighted by Crippen LogP contribution is -2.44. The molecule has 2 bridgehead atoms. The zero-order valence-corrected chi connectivity index (χ0v) is 17.4. The average molecular weight is 420 g/mol. The summed E-state index contributed by atoms with van der Waals surface area (Å²) in [4.78, 5) is 24.2. The number of hydrogen-bond donors (Lipinski definition) is 2. The number of nitrogens with zero attached hydrogens (tertiary/aromatic N) is 3. The summed E-state index contributed by atoms with van der Waals surface area (Å²) in [6.07, 6.45) is 4.43. The van der Waals surface area contributed by atoms with Gasteiger partial charge in [0.05, 0.1) is 11.2 Å². The Hall–Kier alpha value is -2.96. The summed E-state index contributed by atoms with van der Waals surface area (Å²) in [5.74, 6) is 0.608. The molecule has 3 heterocycles. The first kappa shape index (κ1) is 19.0. The molecule has 1 aromatic heterocycles. The SMILES string of the molecule is Cc1nc(N2CC3CC2CN3)nc2ccc(NC(=O)C=Cc3ccc(Cl)cc3)cc12. The van der Waals surface area contributed by atoms with Crippen molar-refractivity contribution in [2.24, 2.45) is 0 Å². The van der Waals surface area contributed by atoms with Gasteiger partial charge in [-0.05, 0) is 55.3 Å². The first-order valence-electron chi connectivity index (χ1n) is 10.1. The van der Waals surface area contributed by atoms with Crippen molar-refractivity contribution in [1.82, 2.24) is 15.3 Å². The van der Waals surface area contributed by atoms with Crippen molar-refractivity contribution in [2.75, 3.05) is 23.3 Å². The Morgan fingerprint density at radius 2 is 2.07 bits per heavy atom. The maximum Gasteiger partial charge on any atom is 0.248 e. The number of anilines is 2. The van der Waals surface area contributed by atoms with Crippen molar-refractivity contribution < 1.29 is 4.79 Å². The van der Waals surface area contributed by atoms with Gasteiger partial charge in [0.15, 0.2) is 0 Å². The summed E-state index contributed by atoms with van der Waals surface area (Å²) in [6, 6.07) is 14.1. The van der Waals surface area contributed by atoms with Crippen LogP contribution in [0, 0.1) is 6.92 Å². The van der Waals surface area contributed by atoms with Crippen LogP contribution >= 0.6 is 11.6 Å². The molecule has 2 saturated heterocycles. The third kappa shape index (κ3) is 3.76. The second kappa shape index (κ2) is 7.70. The molecule has 2 aliphatic heterocycles.